The second kappa shape index (κ2) is 11.9. The van der Waals surface area contributed by atoms with Gasteiger partial charge in [0, 0.05) is 0 Å². The van der Waals surface area contributed by atoms with E-state index in [9.17, 15) is 0 Å². The first-order valence-electron chi connectivity index (χ1n) is 12.3. The summed E-state index contributed by atoms with van der Waals surface area (Å²) in [6.07, 6.45) is 3.64. The van der Waals surface area contributed by atoms with Crippen molar-refractivity contribution in [3.05, 3.63) is 120 Å². The predicted molar refractivity (Wildman–Crippen MR) is 142 cm³/mol. The highest BCUT2D eigenvalue weighted by molar-refractivity contribution is 6.69. The SMILES string of the molecule is C[Si](C)(C)O[C@]1(COCc2ccccc2)C=C[C@@H](OCc2ccccc2)[C@@H]1OCc1ccccc1. The molecule has 184 valence electrons. The summed E-state index contributed by atoms with van der Waals surface area (Å²) >= 11 is 0. The summed E-state index contributed by atoms with van der Waals surface area (Å²) < 4.78 is 26.1. The van der Waals surface area contributed by atoms with E-state index in [0.29, 0.717) is 26.4 Å². The van der Waals surface area contributed by atoms with Crippen molar-refractivity contribution >= 4 is 8.32 Å². The van der Waals surface area contributed by atoms with Gasteiger partial charge in [0.05, 0.1) is 26.4 Å². The molecule has 0 N–H and O–H groups in total. The zero-order chi connectivity index (χ0) is 24.6. The Hall–Kier alpha value is -2.54. The molecule has 3 aromatic rings. The average molecular weight is 489 g/mol. The molecule has 0 fully saturated rings. The van der Waals surface area contributed by atoms with Gasteiger partial charge in [-0.25, -0.2) is 0 Å². The van der Waals surface area contributed by atoms with Crippen LogP contribution in [0.4, 0.5) is 0 Å². The maximum atomic E-state index is 6.83. The van der Waals surface area contributed by atoms with Gasteiger partial charge in [0.15, 0.2) is 8.32 Å². The average Bonchev–Trinajstić information content (AvgIpc) is 3.18. The summed E-state index contributed by atoms with van der Waals surface area (Å²) in [7, 11) is -1.96. The highest BCUT2D eigenvalue weighted by Crippen LogP contribution is 2.36. The van der Waals surface area contributed by atoms with Crippen molar-refractivity contribution in [1.29, 1.82) is 0 Å². The Morgan fingerprint density at radius 2 is 1.14 bits per heavy atom. The van der Waals surface area contributed by atoms with E-state index in [-0.39, 0.29) is 12.2 Å². The quantitative estimate of drug-likeness (QED) is 0.214. The van der Waals surface area contributed by atoms with Gasteiger partial charge in [0.2, 0.25) is 0 Å². The fourth-order valence-electron chi connectivity index (χ4n) is 4.36. The maximum absolute atomic E-state index is 6.83. The van der Waals surface area contributed by atoms with Crippen molar-refractivity contribution in [2.24, 2.45) is 0 Å². The third-order valence-electron chi connectivity index (χ3n) is 5.84. The van der Waals surface area contributed by atoms with Crippen LogP contribution in [-0.2, 0) is 38.5 Å². The smallest absolute Gasteiger partial charge is 0.185 e. The Labute approximate surface area is 210 Å². The third kappa shape index (κ3) is 7.47. The van der Waals surface area contributed by atoms with Crippen molar-refractivity contribution in [3.63, 3.8) is 0 Å². The van der Waals surface area contributed by atoms with Crippen LogP contribution in [0.1, 0.15) is 16.7 Å². The standard InChI is InChI=1S/C30H36O4Si/c1-35(2,3)34-30(24-31-21-25-13-7-4-8-14-25)20-19-28(32-22-26-15-9-5-10-16-26)29(30)33-23-27-17-11-6-12-18-27/h4-20,28-29H,21-24H2,1-3H3/t28-,29+,30+/m1/s1. The van der Waals surface area contributed by atoms with Crippen LogP contribution >= 0.6 is 0 Å². The second-order valence-corrected chi connectivity index (χ2v) is 14.4. The van der Waals surface area contributed by atoms with E-state index in [1.54, 1.807) is 0 Å². The fraction of sp³-hybridized carbons (Fsp3) is 0.333. The molecule has 0 heterocycles. The molecular weight excluding hydrogens is 452 g/mol. The van der Waals surface area contributed by atoms with Crippen LogP contribution in [0.2, 0.25) is 19.6 Å². The Morgan fingerprint density at radius 1 is 0.657 bits per heavy atom. The maximum Gasteiger partial charge on any atom is 0.185 e. The van der Waals surface area contributed by atoms with Crippen molar-refractivity contribution in [3.8, 4) is 0 Å². The molecule has 0 saturated heterocycles. The number of rotatable bonds is 12. The lowest BCUT2D eigenvalue weighted by Crippen LogP contribution is -2.55. The third-order valence-corrected chi connectivity index (χ3v) is 6.83. The van der Waals surface area contributed by atoms with E-state index >= 15 is 0 Å². The molecule has 5 heteroatoms. The lowest BCUT2D eigenvalue weighted by Gasteiger charge is -2.41. The largest absolute Gasteiger partial charge is 0.404 e. The molecule has 0 amide bonds. The normalized spacial score (nSPS) is 21.9. The van der Waals surface area contributed by atoms with Gasteiger partial charge in [-0.2, -0.15) is 0 Å². The molecule has 4 nitrogen and oxygen atoms in total. The van der Waals surface area contributed by atoms with Crippen molar-refractivity contribution < 1.29 is 18.6 Å². The highest BCUT2D eigenvalue weighted by atomic mass is 28.4. The summed E-state index contributed by atoms with van der Waals surface area (Å²) in [6.45, 7) is 8.51. The van der Waals surface area contributed by atoms with Crippen molar-refractivity contribution in [1.82, 2.24) is 0 Å². The van der Waals surface area contributed by atoms with E-state index in [1.807, 2.05) is 54.6 Å². The van der Waals surface area contributed by atoms with E-state index in [4.69, 9.17) is 18.6 Å². The number of hydrogen-bond donors (Lipinski definition) is 0. The first-order chi connectivity index (χ1) is 16.9. The first-order valence-corrected chi connectivity index (χ1v) is 15.7. The molecule has 0 bridgehead atoms. The van der Waals surface area contributed by atoms with Crippen LogP contribution in [0, 0.1) is 0 Å². The van der Waals surface area contributed by atoms with Crippen LogP contribution in [0.25, 0.3) is 0 Å². The van der Waals surface area contributed by atoms with Gasteiger partial charge in [-0.3, -0.25) is 0 Å². The van der Waals surface area contributed by atoms with Crippen LogP contribution in [0.3, 0.4) is 0 Å². The minimum Gasteiger partial charge on any atom is -0.404 e. The number of ether oxygens (including phenoxy) is 3. The van der Waals surface area contributed by atoms with Gasteiger partial charge >= 0.3 is 0 Å². The molecule has 0 aliphatic heterocycles. The van der Waals surface area contributed by atoms with Gasteiger partial charge in [0.1, 0.15) is 17.8 Å². The second-order valence-electron chi connectivity index (χ2n) is 9.99. The monoisotopic (exact) mass is 488 g/mol. The molecule has 0 aromatic heterocycles. The minimum atomic E-state index is -1.96. The topological polar surface area (TPSA) is 36.9 Å². The van der Waals surface area contributed by atoms with E-state index in [1.165, 1.54) is 0 Å². The molecule has 3 aromatic carbocycles. The molecule has 3 atom stereocenters. The van der Waals surface area contributed by atoms with Gasteiger partial charge < -0.3 is 18.6 Å². The van der Waals surface area contributed by atoms with Crippen LogP contribution in [0.5, 0.6) is 0 Å². The number of hydrogen-bond acceptors (Lipinski definition) is 4. The van der Waals surface area contributed by atoms with Crippen molar-refractivity contribution in [2.75, 3.05) is 6.61 Å². The molecule has 4 rings (SSSR count). The zero-order valence-electron chi connectivity index (χ0n) is 20.9. The van der Waals surface area contributed by atoms with E-state index in [0.717, 1.165) is 16.7 Å². The molecule has 0 spiro atoms. The summed E-state index contributed by atoms with van der Waals surface area (Å²) in [5.74, 6) is 0. The Kier molecular flexibility index (Phi) is 8.71. The summed E-state index contributed by atoms with van der Waals surface area (Å²) in [5.41, 5.74) is 2.67. The number of benzene rings is 3. The minimum absolute atomic E-state index is 0.240. The molecule has 0 saturated carbocycles. The molecule has 0 radical (unpaired) electrons. The van der Waals surface area contributed by atoms with E-state index in [2.05, 4.69) is 68.2 Å². The summed E-state index contributed by atoms with van der Waals surface area (Å²) in [4.78, 5) is 0. The molecule has 1 aliphatic carbocycles. The van der Waals surface area contributed by atoms with Gasteiger partial charge in [-0.15, -0.1) is 0 Å². The highest BCUT2D eigenvalue weighted by Gasteiger charge is 2.50. The lowest BCUT2D eigenvalue weighted by molar-refractivity contribution is -0.149. The Balaban J connectivity index is 1.53. The summed E-state index contributed by atoms with van der Waals surface area (Å²) in [5, 5.41) is 0. The van der Waals surface area contributed by atoms with E-state index < -0.39 is 13.9 Å². The lowest BCUT2D eigenvalue weighted by atomic mass is 10.00. The summed E-state index contributed by atoms with van der Waals surface area (Å²) in [6, 6.07) is 30.7. The van der Waals surface area contributed by atoms with Crippen LogP contribution < -0.4 is 0 Å². The van der Waals surface area contributed by atoms with Crippen molar-refractivity contribution in [2.45, 2.75) is 57.3 Å². The fourth-order valence-corrected chi connectivity index (χ4v) is 5.75. The first kappa shape index (κ1) is 25.5. The van der Waals surface area contributed by atoms with Crippen LogP contribution in [0.15, 0.2) is 103 Å². The Bertz CT molecular complexity index is 1050. The zero-order valence-corrected chi connectivity index (χ0v) is 21.9. The Morgan fingerprint density at radius 3 is 1.66 bits per heavy atom. The molecular formula is C30H36O4Si. The van der Waals surface area contributed by atoms with Gasteiger partial charge in [-0.1, -0.05) is 103 Å². The predicted octanol–water partition coefficient (Wildman–Crippen LogP) is 6.53. The molecule has 35 heavy (non-hydrogen) atoms. The van der Waals surface area contributed by atoms with Gasteiger partial charge in [-0.05, 0) is 36.3 Å². The molecule has 1 aliphatic rings. The van der Waals surface area contributed by atoms with Gasteiger partial charge in [0.25, 0.3) is 0 Å². The van der Waals surface area contributed by atoms with Crippen LogP contribution in [-0.4, -0.2) is 32.7 Å². The molecule has 0 unspecified atom stereocenters.